The lowest BCUT2D eigenvalue weighted by molar-refractivity contribution is -0.155. The van der Waals surface area contributed by atoms with Crippen molar-refractivity contribution < 1.29 is 71.6 Å². The molecule has 0 aliphatic carbocycles. The van der Waals surface area contributed by atoms with Gasteiger partial charge in [-0.05, 0) is 56.2 Å². The minimum absolute atomic E-state index is 0.0173. The maximum absolute atomic E-state index is 14.6. The minimum atomic E-state index is -4.75. The Kier molecular flexibility index (Phi) is 19.0. The number of esters is 1. The number of aryl methyl sites for hydroxylation is 1. The van der Waals surface area contributed by atoms with E-state index in [0.29, 0.717) is 22.0 Å². The molecule has 480 valence electrons. The Morgan fingerprint density at radius 1 is 0.796 bits per heavy atom. The number of rotatable bonds is 8. The molecule has 0 saturated carbocycles. The summed E-state index contributed by atoms with van der Waals surface area (Å²) in [6.45, 7) is 3.65. The van der Waals surface area contributed by atoms with Crippen LogP contribution in [0.25, 0.3) is 49.3 Å². The Morgan fingerprint density at radius 2 is 1.44 bits per heavy atom. The minimum Gasteiger partial charge on any atom is -0.506 e. The lowest BCUT2D eigenvalue weighted by atomic mass is 10.1. The third-order valence-corrected chi connectivity index (χ3v) is 19.9. The number of para-hydroxylation sites is 1. The molecule has 93 heavy (non-hydrogen) atoms. The first-order valence-electron chi connectivity index (χ1n) is 27.7. The van der Waals surface area contributed by atoms with Gasteiger partial charge in [-0.3, -0.25) is 33.6 Å². The average Bonchev–Trinajstić information content (AvgIpc) is 1.70. The van der Waals surface area contributed by atoms with Crippen LogP contribution in [-0.4, -0.2) is 133 Å². The Bertz CT molecular complexity index is 4500. The number of thioether (sulfide) groups is 1. The summed E-state index contributed by atoms with van der Waals surface area (Å²) in [5, 5.41) is 57.4. The number of aromatic amines is 1. The van der Waals surface area contributed by atoms with Crippen molar-refractivity contribution in [1.82, 2.24) is 61.5 Å². The fourth-order valence-electron chi connectivity index (χ4n) is 9.73. The first kappa shape index (κ1) is 65.1. The highest BCUT2D eigenvalue weighted by molar-refractivity contribution is 8.14. The van der Waals surface area contributed by atoms with Gasteiger partial charge in [-0.2, -0.15) is 13.2 Å². The average molecular weight is 1380 g/mol. The molecule has 11 rings (SSSR count). The normalized spacial score (nSPS) is 18.9. The molecule has 2 aromatic carbocycles. The number of alkyl halides is 3. The van der Waals surface area contributed by atoms with Crippen molar-refractivity contribution in [2.45, 2.75) is 76.4 Å². The Hall–Kier alpha value is -9.36. The zero-order valence-electron chi connectivity index (χ0n) is 48.2. The monoisotopic (exact) mass is 1380 g/mol. The molecule has 12 bridgehead atoms. The molecule has 9 aromatic rings. The number of thiazole rings is 5. The molecule has 2 aliphatic heterocycles. The number of fused-ring (bicyclic) bond motifs is 13. The molecule has 26 nitrogen and oxygen atoms in total. The van der Waals surface area contributed by atoms with E-state index in [1.807, 2.05) is 0 Å². The van der Waals surface area contributed by atoms with Crippen molar-refractivity contribution >= 4 is 137 Å². The van der Waals surface area contributed by atoms with Gasteiger partial charge in [0.25, 0.3) is 23.6 Å². The summed E-state index contributed by atoms with van der Waals surface area (Å²) >= 11 is 5.45. The number of carbonyl (C=O) groups is 8. The maximum atomic E-state index is 14.6. The molecular formula is C58H49F3N14O12S6. The second-order valence-electron chi connectivity index (χ2n) is 20.7. The predicted octanol–water partition coefficient (Wildman–Crippen LogP) is 6.87. The highest BCUT2D eigenvalue weighted by atomic mass is 32.2. The van der Waals surface area contributed by atoms with Gasteiger partial charge >= 0.3 is 12.1 Å². The van der Waals surface area contributed by atoms with E-state index in [4.69, 9.17) is 20.4 Å². The summed E-state index contributed by atoms with van der Waals surface area (Å²) in [5.74, 6) is -7.23. The quantitative estimate of drug-likeness (QED) is 0.0691. The number of hydrogen-bond acceptors (Lipinski definition) is 25. The lowest BCUT2D eigenvalue weighted by Gasteiger charge is -2.21. The van der Waals surface area contributed by atoms with E-state index in [1.54, 1.807) is 37.4 Å². The number of nitrogens with zero attached hydrogens (tertiary/aromatic N) is 6. The molecule has 0 fully saturated rings. The van der Waals surface area contributed by atoms with E-state index < -0.39 is 113 Å². The number of amides is 6. The highest BCUT2D eigenvalue weighted by Gasteiger charge is 2.36. The van der Waals surface area contributed by atoms with Gasteiger partial charge in [-0.15, -0.1) is 56.7 Å². The number of H-pyrrole nitrogens is 1. The molecule has 0 radical (unpaired) electrons. The lowest BCUT2D eigenvalue weighted by Crippen LogP contribution is -2.52. The number of nitrogens with one attached hydrogen (secondary N) is 7. The molecule has 12 N–H and O–H groups in total. The number of aromatic nitrogens is 7. The van der Waals surface area contributed by atoms with Crippen LogP contribution in [0.2, 0.25) is 0 Å². The SMILES string of the molecule is C/C=C1\NC(=O)[C@H]([C@@H](C)O)NC(=O)c2csc(n2)-c2cc(O)c(-c3nc(C(=O)NC(CNc4ccccc4C(F)(F)F)C(N)=O)cs3)nc2-c2csc(n2)[C@@H]2CSC(=O)c3[nH]c4cccc(c4c3C)COC(=O)[C@H](O)C[C@H](NC(=O)c3csc1n3)c1nc(cs1)C(=O)N2. The van der Waals surface area contributed by atoms with E-state index >= 15 is 0 Å². The Balaban J connectivity index is 1.00. The summed E-state index contributed by atoms with van der Waals surface area (Å²) in [5.41, 5.74) is 4.98. The molecule has 0 saturated heterocycles. The zero-order chi connectivity index (χ0) is 66.2. The molecule has 1 unspecified atom stereocenters. The summed E-state index contributed by atoms with van der Waals surface area (Å²) in [4.78, 5) is 142. The second kappa shape index (κ2) is 27.1. The van der Waals surface area contributed by atoms with Crippen LogP contribution in [0.5, 0.6) is 5.75 Å². The van der Waals surface area contributed by atoms with Gasteiger partial charge in [0, 0.05) is 67.8 Å². The van der Waals surface area contributed by atoms with Crippen LogP contribution in [0, 0.1) is 6.92 Å². The van der Waals surface area contributed by atoms with Crippen LogP contribution in [0.3, 0.4) is 0 Å². The number of carbonyl (C=O) groups excluding carboxylic acids is 8. The van der Waals surface area contributed by atoms with E-state index in [0.717, 1.165) is 80.6 Å². The number of aliphatic hydroxyl groups is 2. The molecule has 6 amide bonds. The predicted molar refractivity (Wildman–Crippen MR) is 339 cm³/mol. The van der Waals surface area contributed by atoms with E-state index in [9.17, 15) is 66.8 Å². The third-order valence-electron chi connectivity index (χ3n) is 14.4. The van der Waals surface area contributed by atoms with Crippen LogP contribution in [0.1, 0.15) is 117 Å². The fraction of sp³-hybridized carbons (Fsp3) is 0.241. The number of nitrogens with two attached hydrogens (primary N) is 1. The van der Waals surface area contributed by atoms with Crippen LogP contribution >= 0.6 is 68.4 Å². The Morgan fingerprint density at radius 3 is 2.16 bits per heavy atom. The molecule has 2 aliphatic rings. The number of hydrogen-bond donors (Lipinski definition) is 11. The largest absolute Gasteiger partial charge is 0.506 e. The summed E-state index contributed by atoms with van der Waals surface area (Å²) in [6.07, 6.45) is -7.17. The van der Waals surface area contributed by atoms with Gasteiger partial charge in [-0.1, -0.05) is 42.1 Å². The number of allylic oxidation sites excluding steroid dienone is 1. The van der Waals surface area contributed by atoms with Crippen molar-refractivity contribution in [1.29, 1.82) is 0 Å². The van der Waals surface area contributed by atoms with Crippen molar-refractivity contribution in [3.05, 3.63) is 142 Å². The van der Waals surface area contributed by atoms with Crippen LogP contribution < -0.4 is 37.6 Å². The summed E-state index contributed by atoms with van der Waals surface area (Å²) < 4.78 is 47.0. The highest BCUT2D eigenvalue weighted by Crippen LogP contribution is 2.42. The van der Waals surface area contributed by atoms with Gasteiger partial charge in [0.15, 0.2) is 6.10 Å². The zero-order valence-corrected chi connectivity index (χ0v) is 53.1. The van der Waals surface area contributed by atoms with E-state index in [1.165, 1.54) is 52.7 Å². The summed E-state index contributed by atoms with van der Waals surface area (Å²) in [7, 11) is 0. The number of aliphatic hydroxyl groups excluding tert-OH is 2. The molecular weight excluding hydrogens is 1330 g/mol. The molecule has 0 spiro atoms. The first-order chi connectivity index (χ1) is 44.4. The van der Waals surface area contributed by atoms with Gasteiger partial charge in [0.1, 0.15) is 89.3 Å². The number of cyclic esters (lactones) is 1. The van der Waals surface area contributed by atoms with Crippen molar-refractivity contribution in [3.63, 3.8) is 0 Å². The first-order valence-corrected chi connectivity index (χ1v) is 33.0. The van der Waals surface area contributed by atoms with Gasteiger partial charge in [-0.25, -0.2) is 34.7 Å². The van der Waals surface area contributed by atoms with Crippen molar-refractivity contribution in [3.8, 4) is 38.4 Å². The number of primary amides is 1. The number of halogens is 3. The topological polar surface area (TPSA) is 398 Å². The number of benzene rings is 2. The van der Waals surface area contributed by atoms with Crippen molar-refractivity contribution in [2.75, 3.05) is 17.6 Å². The number of ether oxygens (including phenoxy) is 1. The Labute approximate surface area is 546 Å². The molecule has 6 atom stereocenters. The molecule has 9 heterocycles. The van der Waals surface area contributed by atoms with Gasteiger partial charge in [0.05, 0.1) is 35.1 Å². The van der Waals surface area contributed by atoms with E-state index in [2.05, 4.69) is 56.8 Å². The van der Waals surface area contributed by atoms with Crippen LogP contribution in [-0.2, 0) is 31.9 Å². The van der Waals surface area contributed by atoms with Crippen molar-refractivity contribution in [2.24, 2.45) is 5.73 Å². The van der Waals surface area contributed by atoms with Crippen LogP contribution in [0.15, 0.2) is 81.5 Å². The summed E-state index contributed by atoms with van der Waals surface area (Å²) in [6, 6.07) is 5.33. The fourth-order valence-corrected chi connectivity index (χ4v) is 14.9. The third kappa shape index (κ3) is 14.0. The second-order valence-corrected chi connectivity index (χ2v) is 26.1. The number of aromatic hydroxyl groups is 1. The van der Waals surface area contributed by atoms with E-state index in [-0.39, 0.29) is 99.9 Å². The standard InChI is InChI=1S/C58H49F3N14O12S6/c1-4-27-52-71-33(18-90-52)46(80)66-30-13-39(78)56(85)87-15-24-8-7-11-29-40(24)22(2)41(64-29)57(86)93-21-37(68-48(82)34-19-91-53(30)72-34)54-69-32(16-89-54)43-25(51-70-36(17-88-51)49(83)75-42(23(3)76)50(84)65-27)12-38(77)44(74-43)55-73-35(20-92-55)47(81)67-31(45(62)79)14-63-28-10-6-5-9-26(28)58(59,60)61/h4-12,16-20,23,30-31,37,39,42,63-64,76-78H,13-15,21H2,1-3H3,(H2,62,79)(H,65,84)(H,66,80)(H,67,81)(H,68,82)(H,75,83)/b27-4-/t23-,30+,31?,37+,39-,42+/m1/s1. The maximum Gasteiger partial charge on any atom is 0.418 e. The van der Waals surface area contributed by atoms with Crippen LogP contribution in [0.4, 0.5) is 18.9 Å². The molecule has 7 aromatic heterocycles. The number of pyridine rings is 1. The van der Waals surface area contributed by atoms with Gasteiger partial charge in [0.2, 0.25) is 16.9 Å². The molecule has 35 heteroatoms. The number of anilines is 1. The smallest absolute Gasteiger partial charge is 0.418 e. The van der Waals surface area contributed by atoms with Gasteiger partial charge < -0.3 is 62.7 Å².